The number of rotatable bonds is 12. The van der Waals surface area contributed by atoms with Gasteiger partial charge in [-0.15, -0.1) is 0 Å². The lowest BCUT2D eigenvalue weighted by Gasteiger charge is -2.36. The summed E-state index contributed by atoms with van der Waals surface area (Å²) in [4.78, 5) is 4.53. The van der Waals surface area contributed by atoms with Crippen LogP contribution in [0.4, 0.5) is 0 Å². The summed E-state index contributed by atoms with van der Waals surface area (Å²) >= 11 is 0. The Balaban J connectivity index is 1.34. The molecule has 2 unspecified atom stereocenters. The zero-order valence-corrected chi connectivity index (χ0v) is 23.0. The van der Waals surface area contributed by atoms with E-state index >= 15 is 0 Å². The third kappa shape index (κ3) is 8.48. The molecule has 0 saturated carbocycles. The summed E-state index contributed by atoms with van der Waals surface area (Å²) in [7, 11) is 0. The van der Waals surface area contributed by atoms with Crippen molar-refractivity contribution < 1.29 is 19.7 Å². The molecule has 2 atom stereocenters. The summed E-state index contributed by atoms with van der Waals surface area (Å²) in [5, 5.41) is 21.0. The Bertz CT molecular complexity index is 876. The molecule has 0 spiro atoms. The molecule has 36 heavy (non-hydrogen) atoms. The predicted molar refractivity (Wildman–Crippen MR) is 146 cm³/mol. The number of ether oxygens (including phenoxy) is 2. The van der Waals surface area contributed by atoms with E-state index in [1.807, 2.05) is 12.1 Å². The molecule has 1 aliphatic heterocycles. The molecule has 1 fully saturated rings. The monoisotopic (exact) mass is 498 g/mol. The molecule has 3 rings (SSSR count). The first-order chi connectivity index (χ1) is 17.1. The van der Waals surface area contributed by atoms with Gasteiger partial charge in [0.05, 0.1) is 0 Å². The molecule has 2 aromatic rings. The highest BCUT2D eigenvalue weighted by atomic mass is 16.5. The van der Waals surface area contributed by atoms with Gasteiger partial charge in [-0.05, 0) is 72.2 Å². The van der Waals surface area contributed by atoms with Crippen molar-refractivity contribution in [1.82, 2.24) is 9.80 Å². The van der Waals surface area contributed by atoms with Crippen molar-refractivity contribution in [1.29, 1.82) is 0 Å². The van der Waals surface area contributed by atoms with Crippen LogP contribution in [-0.2, 0) is 0 Å². The van der Waals surface area contributed by atoms with Crippen LogP contribution >= 0.6 is 0 Å². The van der Waals surface area contributed by atoms with Crippen LogP contribution in [0.3, 0.4) is 0 Å². The summed E-state index contributed by atoms with van der Waals surface area (Å²) in [5.74, 6) is 2.59. The third-order valence-corrected chi connectivity index (χ3v) is 7.01. The average Bonchev–Trinajstić information content (AvgIpc) is 2.82. The van der Waals surface area contributed by atoms with Gasteiger partial charge in [0.2, 0.25) is 0 Å². The molecule has 0 bridgehead atoms. The first kappa shape index (κ1) is 28.5. The van der Waals surface area contributed by atoms with Crippen molar-refractivity contribution in [2.75, 3.05) is 52.5 Å². The van der Waals surface area contributed by atoms with E-state index in [1.165, 1.54) is 22.3 Å². The topological polar surface area (TPSA) is 65.4 Å². The molecule has 0 radical (unpaired) electrons. The molecular weight excluding hydrogens is 452 g/mol. The predicted octanol–water partition coefficient (Wildman–Crippen LogP) is 4.35. The summed E-state index contributed by atoms with van der Waals surface area (Å²) < 4.78 is 11.7. The fourth-order valence-corrected chi connectivity index (χ4v) is 5.01. The molecule has 6 nitrogen and oxygen atoms in total. The lowest BCUT2D eigenvalue weighted by Crippen LogP contribution is -2.51. The van der Waals surface area contributed by atoms with E-state index in [9.17, 15) is 10.2 Å². The van der Waals surface area contributed by atoms with E-state index in [1.54, 1.807) is 0 Å². The standard InChI is InChI=1S/C30H46N2O4/c1-21(2)29-9-7-27(15-23(29)5)35-19-25(33)17-31-11-13-32(14-12-31)18-26(34)20-36-28-8-10-30(22(3)4)24(6)16-28/h7-10,15-16,21-22,25-26,33-34H,11-14,17-20H2,1-6H3. The zero-order valence-electron chi connectivity index (χ0n) is 23.0. The second-order valence-corrected chi connectivity index (χ2v) is 10.9. The third-order valence-electron chi connectivity index (χ3n) is 7.01. The number of aliphatic hydroxyl groups excluding tert-OH is 2. The first-order valence-corrected chi connectivity index (χ1v) is 13.4. The lowest BCUT2D eigenvalue weighted by molar-refractivity contribution is 0.0240. The fourth-order valence-electron chi connectivity index (χ4n) is 5.01. The van der Waals surface area contributed by atoms with Gasteiger partial charge in [-0.25, -0.2) is 0 Å². The smallest absolute Gasteiger partial charge is 0.119 e. The van der Waals surface area contributed by atoms with Gasteiger partial charge in [-0.1, -0.05) is 39.8 Å². The second-order valence-electron chi connectivity index (χ2n) is 10.9. The largest absolute Gasteiger partial charge is 0.491 e. The SMILES string of the molecule is Cc1cc(OCC(O)CN2CCN(CC(O)COc3ccc(C(C)C)c(C)c3)CC2)ccc1C(C)C. The second kappa shape index (κ2) is 13.4. The summed E-state index contributed by atoms with van der Waals surface area (Å²) in [5.41, 5.74) is 5.10. The fraction of sp³-hybridized carbons (Fsp3) is 0.600. The van der Waals surface area contributed by atoms with Gasteiger partial charge < -0.3 is 19.7 Å². The van der Waals surface area contributed by atoms with Gasteiger partial charge in [-0.3, -0.25) is 9.80 Å². The molecule has 1 heterocycles. The summed E-state index contributed by atoms with van der Waals surface area (Å²) in [6.07, 6.45) is -1.07. The number of piperazine rings is 1. The Labute approximate surface area is 217 Å². The van der Waals surface area contributed by atoms with Gasteiger partial charge >= 0.3 is 0 Å². The van der Waals surface area contributed by atoms with Crippen LogP contribution in [0.15, 0.2) is 36.4 Å². The van der Waals surface area contributed by atoms with Gasteiger partial charge in [0.1, 0.15) is 36.9 Å². The number of aliphatic hydroxyl groups is 2. The van der Waals surface area contributed by atoms with Crippen molar-refractivity contribution in [3.8, 4) is 11.5 Å². The van der Waals surface area contributed by atoms with Gasteiger partial charge in [0, 0.05) is 39.3 Å². The summed E-state index contributed by atoms with van der Waals surface area (Å²) in [6, 6.07) is 12.3. The molecular formula is C30H46N2O4. The van der Waals surface area contributed by atoms with E-state index in [2.05, 4.69) is 75.6 Å². The van der Waals surface area contributed by atoms with Crippen LogP contribution in [0.25, 0.3) is 0 Å². The van der Waals surface area contributed by atoms with Gasteiger partial charge in [-0.2, -0.15) is 0 Å². The minimum atomic E-state index is -0.536. The highest BCUT2D eigenvalue weighted by Crippen LogP contribution is 2.24. The maximum absolute atomic E-state index is 10.5. The molecule has 1 saturated heterocycles. The number of hydrogen-bond donors (Lipinski definition) is 2. The van der Waals surface area contributed by atoms with Crippen LogP contribution in [0.1, 0.15) is 61.8 Å². The van der Waals surface area contributed by atoms with Crippen LogP contribution in [0, 0.1) is 13.8 Å². The van der Waals surface area contributed by atoms with Crippen LogP contribution in [0.2, 0.25) is 0 Å². The van der Waals surface area contributed by atoms with E-state index < -0.39 is 12.2 Å². The quantitative estimate of drug-likeness (QED) is 0.454. The van der Waals surface area contributed by atoms with Crippen molar-refractivity contribution in [3.63, 3.8) is 0 Å². The van der Waals surface area contributed by atoms with Crippen LogP contribution in [-0.4, -0.2) is 84.7 Å². The Morgan fingerprint density at radius 3 is 1.33 bits per heavy atom. The van der Waals surface area contributed by atoms with E-state index in [4.69, 9.17) is 9.47 Å². The lowest BCUT2D eigenvalue weighted by atomic mass is 9.98. The van der Waals surface area contributed by atoms with Crippen LogP contribution in [0.5, 0.6) is 11.5 Å². The minimum absolute atomic E-state index is 0.286. The summed E-state index contributed by atoms with van der Waals surface area (Å²) in [6.45, 7) is 18.2. The van der Waals surface area contributed by atoms with Crippen molar-refractivity contribution in [3.05, 3.63) is 58.7 Å². The molecule has 2 aromatic carbocycles. The van der Waals surface area contributed by atoms with E-state index in [-0.39, 0.29) is 13.2 Å². The maximum atomic E-state index is 10.5. The molecule has 0 aliphatic carbocycles. The highest BCUT2D eigenvalue weighted by molar-refractivity contribution is 5.37. The molecule has 2 N–H and O–H groups in total. The Morgan fingerprint density at radius 2 is 1.03 bits per heavy atom. The minimum Gasteiger partial charge on any atom is -0.491 e. The highest BCUT2D eigenvalue weighted by Gasteiger charge is 2.21. The van der Waals surface area contributed by atoms with Crippen molar-refractivity contribution in [2.45, 2.75) is 65.6 Å². The van der Waals surface area contributed by atoms with Crippen molar-refractivity contribution >= 4 is 0 Å². The first-order valence-electron chi connectivity index (χ1n) is 13.4. The van der Waals surface area contributed by atoms with Crippen LogP contribution < -0.4 is 9.47 Å². The molecule has 1 aliphatic rings. The number of β-amino-alcohol motifs (C(OH)–C–C–N with tert-alkyl or cyclic N) is 2. The number of benzene rings is 2. The Morgan fingerprint density at radius 1 is 0.667 bits per heavy atom. The van der Waals surface area contributed by atoms with E-state index in [0.717, 1.165) is 37.7 Å². The van der Waals surface area contributed by atoms with Gasteiger partial charge in [0.25, 0.3) is 0 Å². The number of nitrogens with zero attached hydrogens (tertiary/aromatic N) is 2. The van der Waals surface area contributed by atoms with Crippen molar-refractivity contribution in [2.24, 2.45) is 0 Å². The normalized spacial score (nSPS) is 16.9. The molecule has 0 amide bonds. The zero-order chi connectivity index (χ0) is 26.2. The molecule has 0 aromatic heterocycles. The number of hydrogen-bond acceptors (Lipinski definition) is 6. The van der Waals surface area contributed by atoms with Gasteiger partial charge in [0.15, 0.2) is 0 Å². The Kier molecular flexibility index (Phi) is 10.6. The Hall–Kier alpha value is -2.12. The average molecular weight is 499 g/mol. The van der Waals surface area contributed by atoms with E-state index in [0.29, 0.717) is 24.9 Å². The molecule has 200 valence electrons. The molecule has 6 heteroatoms. The maximum Gasteiger partial charge on any atom is 0.119 e. The number of aryl methyl sites for hydroxylation is 2.